The molecule has 0 aromatic carbocycles. The van der Waals surface area contributed by atoms with Crippen molar-refractivity contribution >= 4 is 19.6 Å². The average Bonchev–Trinajstić information content (AvgIpc) is 2.39. The summed E-state index contributed by atoms with van der Waals surface area (Å²) in [4.78, 5) is 23.6. The number of esters is 1. The van der Waals surface area contributed by atoms with Crippen molar-refractivity contribution in [3.63, 3.8) is 0 Å². The van der Waals surface area contributed by atoms with Crippen LogP contribution in [0, 0.1) is 29.6 Å². The van der Waals surface area contributed by atoms with Crippen molar-refractivity contribution in [3.8, 4) is 0 Å². The van der Waals surface area contributed by atoms with Gasteiger partial charge in [0.25, 0.3) is 0 Å². The Morgan fingerprint density at radius 3 is 1.76 bits per heavy atom. The minimum atomic E-state index is -0.115. The van der Waals surface area contributed by atoms with E-state index in [0.29, 0.717) is 17.7 Å². The molecule has 3 nitrogen and oxygen atoms in total. The third kappa shape index (κ3) is 6.67. The van der Waals surface area contributed by atoms with Gasteiger partial charge in [0.1, 0.15) is 13.6 Å². The van der Waals surface area contributed by atoms with Gasteiger partial charge in [-0.15, -0.1) is 0 Å². The van der Waals surface area contributed by atoms with Crippen molar-refractivity contribution in [2.75, 3.05) is 7.11 Å². The molecule has 1 unspecified atom stereocenters. The molecule has 0 bridgehead atoms. The number of Topliss-reactive ketones (excluding diaryl/α,β-unsaturated/α-hetero) is 1. The first-order valence-electron chi connectivity index (χ1n) is 8.20. The molecule has 0 rings (SSSR count). The van der Waals surface area contributed by atoms with E-state index in [1.54, 1.807) is 6.92 Å². The number of carbonyl (C=O) groups excluding carboxylic acids is 2. The minimum absolute atomic E-state index is 0.0534. The van der Waals surface area contributed by atoms with Crippen molar-refractivity contribution in [3.05, 3.63) is 0 Å². The van der Waals surface area contributed by atoms with Gasteiger partial charge in [-0.05, 0) is 37.5 Å². The van der Waals surface area contributed by atoms with Gasteiger partial charge in [0, 0.05) is 5.92 Å². The van der Waals surface area contributed by atoms with E-state index in [-0.39, 0.29) is 29.5 Å². The fourth-order valence-corrected chi connectivity index (χ4v) is 2.97. The van der Waals surface area contributed by atoms with Crippen LogP contribution in [0.5, 0.6) is 0 Å². The molecule has 0 N–H and O–H groups in total. The zero-order valence-corrected chi connectivity index (χ0v) is 15.1. The van der Waals surface area contributed by atoms with Crippen LogP contribution in [-0.2, 0) is 14.3 Å². The van der Waals surface area contributed by atoms with Crippen molar-refractivity contribution in [1.29, 1.82) is 0 Å². The van der Waals surface area contributed by atoms with Crippen molar-refractivity contribution in [2.24, 2.45) is 29.6 Å². The van der Waals surface area contributed by atoms with E-state index in [4.69, 9.17) is 4.74 Å². The smallest absolute Gasteiger partial charge is 0.308 e. The molecule has 21 heavy (non-hydrogen) atoms. The number of hydrogen-bond acceptors (Lipinski definition) is 3. The third-order valence-corrected chi connectivity index (χ3v) is 4.86. The van der Waals surface area contributed by atoms with Crippen LogP contribution in [0.3, 0.4) is 0 Å². The van der Waals surface area contributed by atoms with Gasteiger partial charge in [0.2, 0.25) is 0 Å². The maximum atomic E-state index is 11.9. The van der Waals surface area contributed by atoms with Gasteiger partial charge in [-0.25, -0.2) is 0 Å². The Bertz CT molecular complexity index is 339. The standard InChI is InChI=1S/C17H33BO3/c1-10(2)14(13(6)19)8-12(5)16(18)9-15(11(3)4)17(20)21-7/h10-12,14-16H,8-9,18H2,1-7H3/t12-,14?,15-,16+/m0/s1. The molecule has 0 amide bonds. The predicted molar refractivity (Wildman–Crippen MR) is 90.0 cm³/mol. The first-order chi connectivity index (χ1) is 9.61. The lowest BCUT2D eigenvalue weighted by Gasteiger charge is -2.29. The number of hydrogen-bond donors (Lipinski definition) is 0. The molecule has 0 radical (unpaired) electrons. The number of ether oxygens (including phenoxy) is 1. The van der Waals surface area contributed by atoms with Gasteiger partial charge < -0.3 is 4.74 Å². The summed E-state index contributed by atoms with van der Waals surface area (Å²) in [6, 6.07) is 0. The highest BCUT2D eigenvalue weighted by molar-refractivity contribution is 6.12. The molecule has 4 heteroatoms. The molecule has 0 aliphatic heterocycles. The van der Waals surface area contributed by atoms with Crippen LogP contribution in [0.4, 0.5) is 0 Å². The summed E-state index contributed by atoms with van der Waals surface area (Å²) in [6.45, 7) is 12.2. The molecule has 0 fully saturated rings. The summed E-state index contributed by atoms with van der Waals surface area (Å²) >= 11 is 0. The van der Waals surface area contributed by atoms with Crippen LogP contribution in [0.1, 0.15) is 54.4 Å². The Labute approximate surface area is 131 Å². The van der Waals surface area contributed by atoms with Gasteiger partial charge in [-0.3, -0.25) is 9.59 Å². The van der Waals surface area contributed by atoms with Gasteiger partial charge in [-0.1, -0.05) is 40.4 Å². The number of methoxy groups -OCH3 is 1. The quantitative estimate of drug-likeness (QED) is 0.485. The van der Waals surface area contributed by atoms with E-state index in [9.17, 15) is 9.59 Å². The Morgan fingerprint density at radius 2 is 1.43 bits per heavy atom. The van der Waals surface area contributed by atoms with E-state index in [2.05, 4.69) is 42.5 Å². The molecule has 0 aliphatic rings. The maximum Gasteiger partial charge on any atom is 0.308 e. The van der Waals surface area contributed by atoms with Gasteiger partial charge >= 0.3 is 5.97 Å². The summed E-state index contributed by atoms with van der Waals surface area (Å²) in [5.41, 5.74) is 0. The Kier molecular flexibility index (Phi) is 8.92. The zero-order valence-electron chi connectivity index (χ0n) is 15.1. The van der Waals surface area contributed by atoms with Crippen LogP contribution in [-0.4, -0.2) is 26.7 Å². The zero-order chi connectivity index (χ0) is 16.7. The molecule has 122 valence electrons. The van der Waals surface area contributed by atoms with Crippen LogP contribution < -0.4 is 0 Å². The van der Waals surface area contributed by atoms with E-state index in [0.717, 1.165) is 12.8 Å². The molecule has 0 saturated carbocycles. The van der Waals surface area contributed by atoms with Crippen LogP contribution in [0.15, 0.2) is 0 Å². The summed E-state index contributed by atoms with van der Waals surface area (Å²) in [5.74, 6) is 1.71. The fourth-order valence-electron chi connectivity index (χ4n) is 2.97. The van der Waals surface area contributed by atoms with E-state index in [1.807, 2.05) is 0 Å². The van der Waals surface area contributed by atoms with Crippen molar-refractivity contribution in [1.82, 2.24) is 0 Å². The number of rotatable bonds is 9. The van der Waals surface area contributed by atoms with Crippen LogP contribution >= 0.6 is 0 Å². The number of ketones is 1. The summed E-state index contributed by atoms with van der Waals surface area (Å²) in [6.07, 6.45) is 1.73. The predicted octanol–water partition coefficient (Wildman–Crippen LogP) is 3.13. The SMILES string of the molecule is B[C@H](C[C@H](C(=O)OC)C(C)C)[C@@H](C)CC(C(C)=O)C(C)C. The maximum absolute atomic E-state index is 11.9. The summed E-state index contributed by atoms with van der Waals surface area (Å²) in [5, 5.41) is 0. The normalized spacial score (nSPS) is 17.4. The second-order valence-electron chi connectivity index (χ2n) is 7.26. The second kappa shape index (κ2) is 9.27. The average molecular weight is 296 g/mol. The van der Waals surface area contributed by atoms with Crippen molar-refractivity contribution < 1.29 is 14.3 Å². The van der Waals surface area contributed by atoms with E-state index >= 15 is 0 Å². The molecule has 0 saturated heterocycles. The molecule has 0 spiro atoms. The summed E-state index contributed by atoms with van der Waals surface area (Å²) < 4.78 is 4.92. The van der Waals surface area contributed by atoms with Crippen LogP contribution in [0.2, 0.25) is 5.82 Å². The molecule has 0 aliphatic carbocycles. The molecule has 0 aromatic heterocycles. The minimum Gasteiger partial charge on any atom is -0.469 e. The van der Waals surface area contributed by atoms with Crippen LogP contribution in [0.25, 0.3) is 0 Å². The molecular weight excluding hydrogens is 263 g/mol. The van der Waals surface area contributed by atoms with E-state index < -0.39 is 0 Å². The highest BCUT2D eigenvalue weighted by Crippen LogP contribution is 2.33. The molecule has 0 aromatic rings. The first-order valence-corrected chi connectivity index (χ1v) is 8.20. The van der Waals surface area contributed by atoms with E-state index in [1.165, 1.54) is 7.11 Å². The monoisotopic (exact) mass is 296 g/mol. The highest BCUT2D eigenvalue weighted by Gasteiger charge is 2.29. The molecule has 0 heterocycles. The Morgan fingerprint density at radius 1 is 0.952 bits per heavy atom. The largest absolute Gasteiger partial charge is 0.469 e. The molecule has 4 atom stereocenters. The topological polar surface area (TPSA) is 43.4 Å². The first kappa shape index (κ1) is 20.2. The fraction of sp³-hybridized carbons (Fsp3) is 0.882. The van der Waals surface area contributed by atoms with Gasteiger partial charge in [0.15, 0.2) is 0 Å². The highest BCUT2D eigenvalue weighted by atomic mass is 16.5. The second-order valence-corrected chi connectivity index (χ2v) is 7.26. The van der Waals surface area contributed by atoms with Gasteiger partial charge in [0.05, 0.1) is 13.0 Å². The number of carbonyl (C=O) groups is 2. The Balaban J connectivity index is 4.72. The van der Waals surface area contributed by atoms with Crippen molar-refractivity contribution in [2.45, 2.75) is 60.2 Å². The lowest BCUT2D eigenvalue weighted by atomic mass is 9.67. The molecular formula is C17H33BO3. The Hall–Kier alpha value is -0.795. The summed E-state index contributed by atoms with van der Waals surface area (Å²) in [7, 11) is 3.64. The third-order valence-electron chi connectivity index (χ3n) is 4.86. The lowest BCUT2D eigenvalue weighted by molar-refractivity contribution is -0.147. The lowest BCUT2D eigenvalue weighted by Crippen LogP contribution is -2.27. The van der Waals surface area contributed by atoms with Gasteiger partial charge in [-0.2, -0.15) is 0 Å².